The molecule has 2 atom stereocenters. The highest BCUT2D eigenvalue weighted by atomic mass is 35.5. The average molecular weight is 543 g/mol. The lowest BCUT2D eigenvalue weighted by Crippen LogP contribution is -2.47. The number of nitrogens with zero attached hydrogens (tertiary/aromatic N) is 3. The molecule has 0 saturated carbocycles. The first-order valence-corrected chi connectivity index (χ1v) is 11.9. The van der Waals surface area contributed by atoms with Crippen LogP contribution in [0.15, 0.2) is 71.7 Å². The first-order chi connectivity index (χ1) is 18.2. The number of ether oxygens (including phenoxy) is 2. The second-order valence-electron chi connectivity index (χ2n) is 8.46. The predicted octanol–water partition coefficient (Wildman–Crippen LogP) is 3.71. The molecule has 0 spiro atoms. The summed E-state index contributed by atoms with van der Waals surface area (Å²) in [5.41, 5.74) is -0.234. The topological polar surface area (TPSA) is 110 Å². The number of methoxy groups -OCH3 is 1. The van der Waals surface area contributed by atoms with Crippen LogP contribution in [-0.2, 0) is 14.3 Å². The first-order valence-electron chi connectivity index (χ1n) is 11.5. The number of para-hydroxylation sites is 1. The molecular weight excluding hydrogens is 519 g/mol. The molecule has 12 heteroatoms. The minimum Gasteiger partial charge on any atom is -0.421 e. The number of anilines is 2. The van der Waals surface area contributed by atoms with Crippen molar-refractivity contribution < 1.29 is 28.2 Å². The number of pyridine rings is 1. The zero-order chi connectivity index (χ0) is 27.4. The molecule has 1 aliphatic rings. The third kappa shape index (κ3) is 5.68. The highest BCUT2D eigenvalue weighted by Crippen LogP contribution is 2.27. The molecule has 3 aromatic rings. The van der Waals surface area contributed by atoms with Gasteiger partial charge in [0.2, 0.25) is 5.91 Å². The Morgan fingerprint density at radius 3 is 2.50 bits per heavy atom. The Bertz CT molecular complexity index is 1420. The fourth-order valence-electron chi connectivity index (χ4n) is 4.09. The summed E-state index contributed by atoms with van der Waals surface area (Å²) in [5, 5.41) is 2.51. The van der Waals surface area contributed by atoms with Crippen LogP contribution >= 0.6 is 11.8 Å². The predicted molar refractivity (Wildman–Crippen MR) is 138 cm³/mol. The third-order valence-electron chi connectivity index (χ3n) is 5.95. The van der Waals surface area contributed by atoms with E-state index in [4.69, 9.17) is 21.3 Å². The van der Waals surface area contributed by atoms with E-state index in [1.807, 2.05) is 0 Å². The van der Waals surface area contributed by atoms with Crippen molar-refractivity contribution in [3.63, 3.8) is 0 Å². The van der Waals surface area contributed by atoms with Gasteiger partial charge in [-0.15, -0.1) is 0 Å². The Morgan fingerprint density at radius 2 is 1.84 bits per heavy atom. The molecule has 2 heterocycles. The van der Waals surface area contributed by atoms with Gasteiger partial charge < -0.3 is 19.7 Å². The maximum atomic E-state index is 15.0. The van der Waals surface area contributed by atoms with Gasteiger partial charge in [-0.05, 0) is 36.4 Å². The molecule has 2 aromatic carbocycles. The maximum Gasteiger partial charge on any atom is 0.340 e. The Labute approximate surface area is 222 Å². The SMILES string of the molecule is COC1CC(C(=O)Nc2ccc(-n3cccc(OC(C)=O)c3=O)cc2F)N(C(=O)N(Cl)c2ccccc2)C1. The number of halogens is 2. The van der Waals surface area contributed by atoms with E-state index in [2.05, 4.69) is 5.32 Å². The van der Waals surface area contributed by atoms with Crippen molar-refractivity contribution in [3.8, 4) is 11.4 Å². The van der Waals surface area contributed by atoms with Crippen LogP contribution < -0.4 is 20.0 Å². The molecule has 3 amide bonds. The standard InChI is InChI=1S/C26H24ClFN4O6/c1-16(33)38-23-9-6-12-30(25(23)35)18-10-11-21(20(28)13-18)29-24(34)22-14-19(37-2)15-31(22)26(36)32(27)17-7-4-3-5-8-17/h3-13,19,22H,14-15H2,1-2H3,(H,29,34). The Morgan fingerprint density at radius 1 is 1.11 bits per heavy atom. The van der Waals surface area contributed by atoms with Crippen LogP contribution in [0.5, 0.6) is 5.75 Å². The molecule has 0 radical (unpaired) electrons. The molecule has 0 aliphatic carbocycles. The second-order valence-corrected chi connectivity index (χ2v) is 8.79. The molecule has 1 aliphatic heterocycles. The van der Waals surface area contributed by atoms with Gasteiger partial charge in [0.1, 0.15) is 11.9 Å². The van der Waals surface area contributed by atoms with E-state index in [1.165, 1.54) is 42.5 Å². The van der Waals surface area contributed by atoms with Gasteiger partial charge in [0.25, 0.3) is 5.56 Å². The van der Waals surface area contributed by atoms with Gasteiger partial charge in [-0.25, -0.2) is 13.6 Å². The lowest BCUT2D eigenvalue weighted by molar-refractivity contribution is -0.132. The first kappa shape index (κ1) is 26.8. The minimum atomic E-state index is -0.973. The number of amides is 3. The van der Waals surface area contributed by atoms with E-state index in [-0.39, 0.29) is 30.1 Å². The summed E-state index contributed by atoms with van der Waals surface area (Å²) in [4.78, 5) is 51.4. The number of hydrogen-bond donors (Lipinski definition) is 1. The summed E-state index contributed by atoms with van der Waals surface area (Å²) in [6.07, 6.45) is 1.16. The van der Waals surface area contributed by atoms with Gasteiger partial charge in [-0.3, -0.25) is 19.0 Å². The number of rotatable bonds is 6. The zero-order valence-electron chi connectivity index (χ0n) is 20.5. The smallest absolute Gasteiger partial charge is 0.340 e. The molecule has 1 fully saturated rings. The molecule has 1 aromatic heterocycles. The van der Waals surface area contributed by atoms with Crippen LogP contribution in [0.3, 0.4) is 0 Å². The summed E-state index contributed by atoms with van der Waals surface area (Å²) in [7, 11) is 1.47. The molecule has 4 rings (SSSR count). The average Bonchev–Trinajstić information content (AvgIpc) is 3.35. The normalized spacial score (nSPS) is 16.7. The van der Waals surface area contributed by atoms with Gasteiger partial charge in [0.15, 0.2) is 5.75 Å². The molecule has 38 heavy (non-hydrogen) atoms. The van der Waals surface area contributed by atoms with E-state index in [0.717, 1.165) is 22.0 Å². The summed E-state index contributed by atoms with van der Waals surface area (Å²) >= 11 is 6.26. The van der Waals surface area contributed by atoms with Crippen molar-refractivity contribution in [2.45, 2.75) is 25.5 Å². The minimum absolute atomic E-state index is 0.118. The quantitative estimate of drug-likeness (QED) is 0.375. The second kappa shape index (κ2) is 11.4. The number of aromatic nitrogens is 1. The number of carbonyl (C=O) groups is 3. The molecule has 1 saturated heterocycles. The molecule has 198 valence electrons. The fraction of sp³-hybridized carbons (Fsp3) is 0.231. The van der Waals surface area contributed by atoms with Crippen molar-refractivity contribution in [1.29, 1.82) is 0 Å². The molecule has 10 nitrogen and oxygen atoms in total. The monoisotopic (exact) mass is 542 g/mol. The number of urea groups is 1. The zero-order valence-corrected chi connectivity index (χ0v) is 21.2. The highest BCUT2D eigenvalue weighted by molar-refractivity contribution is 6.36. The van der Waals surface area contributed by atoms with E-state index in [1.54, 1.807) is 30.3 Å². The molecule has 0 bridgehead atoms. The number of likely N-dealkylation sites (tertiary alicyclic amines) is 1. The summed E-state index contributed by atoms with van der Waals surface area (Å²) in [6, 6.07) is 13.5. The Balaban J connectivity index is 1.54. The highest BCUT2D eigenvalue weighted by Gasteiger charge is 2.41. The lowest BCUT2D eigenvalue weighted by Gasteiger charge is -2.27. The maximum absolute atomic E-state index is 15.0. The number of carbonyl (C=O) groups excluding carboxylic acids is 3. The summed E-state index contributed by atoms with van der Waals surface area (Å²) < 4.78 is 27.3. The lowest BCUT2D eigenvalue weighted by atomic mass is 10.1. The molecule has 2 unspecified atom stereocenters. The Hall–Kier alpha value is -4.22. The van der Waals surface area contributed by atoms with Crippen LogP contribution in [0.2, 0.25) is 0 Å². The van der Waals surface area contributed by atoms with Crippen molar-refractivity contribution in [2.24, 2.45) is 0 Å². The van der Waals surface area contributed by atoms with E-state index < -0.39 is 41.4 Å². The van der Waals surface area contributed by atoms with Crippen LogP contribution in [0.4, 0.5) is 20.6 Å². The number of nitrogens with one attached hydrogen (secondary N) is 1. The number of hydrogen-bond acceptors (Lipinski definition) is 6. The van der Waals surface area contributed by atoms with Gasteiger partial charge in [0, 0.05) is 51.0 Å². The summed E-state index contributed by atoms with van der Waals surface area (Å²) in [6.45, 7) is 1.28. The number of benzene rings is 2. The molecular formula is C26H24ClFN4O6. The van der Waals surface area contributed by atoms with Crippen LogP contribution in [0, 0.1) is 5.82 Å². The van der Waals surface area contributed by atoms with Crippen molar-refractivity contribution in [3.05, 3.63) is 83.0 Å². The third-order valence-corrected chi connectivity index (χ3v) is 6.29. The van der Waals surface area contributed by atoms with Gasteiger partial charge >= 0.3 is 12.0 Å². The van der Waals surface area contributed by atoms with E-state index >= 15 is 4.39 Å². The fourth-order valence-corrected chi connectivity index (χ4v) is 4.30. The van der Waals surface area contributed by atoms with Gasteiger partial charge in [0.05, 0.1) is 23.2 Å². The van der Waals surface area contributed by atoms with Crippen molar-refractivity contribution in [2.75, 3.05) is 23.4 Å². The van der Waals surface area contributed by atoms with Crippen LogP contribution in [0.1, 0.15) is 13.3 Å². The van der Waals surface area contributed by atoms with Crippen molar-refractivity contribution >= 4 is 41.1 Å². The Kier molecular flexibility index (Phi) is 8.08. The summed E-state index contributed by atoms with van der Waals surface area (Å²) in [5.74, 6) is -2.32. The molecule has 1 N–H and O–H groups in total. The van der Waals surface area contributed by atoms with E-state index in [9.17, 15) is 19.2 Å². The van der Waals surface area contributed by atoms with Gasteiger partial charge in [-0.1, -0.05) is 18.2 Å². The van der Waals surface area contributed by atoms with Crippen molar-refractivity contribution in [1.82, 2.24) is 9.47 Å². The van der Waals surface area contributed by atoms with Crippen LogP contribution in [-0.4, -0.2) is 53.2 Å². The largest absolute Gasteiger partial charge is 0.421 e. The number of esters is 1. The van der Waals surface area contributed by atoms with Crippen LogP contribution in [0.25, 0.3) is 5.69 Å². The van der Waals surface area contributed by atoms with Gasteiger partial charge in [-0.2, -0.15) is 0 Å². The van der Waals surface area contributed by atoms with E-state index in [0.29, 0.717) is 5.69 Å².